The van der Waals surface area contributed by atoms with Crippen LogP contribution < -0.4 is 10.0 Å². The topological polar surface area (TPSA) is 92.3 Å². The largest absolute Gasteiger partial charge is 0.349 e. The van der Waals surface area contributed by atoms with Crippen LogP contribution in [-0.2, 0) is 14.8 Å². The Morgan fingerprint density at radius 3 is 2.41 bits per heavy atom. The zero-order valence-corrected chi connectivity index (χ0v) is 17.4. The van der Waals surface area contributed by atoms with Gasteiger partial charge in [-0.2, -0.15) is 0 Å². The van der Waals surface area contributed by atoms with Gasteiger partial charge in [0.15, 0.2) is 5.78 Å². The SMILES string of the molecule is CC(=O)c1cccc(S(=O)(=O)NCCC(=O)NC(c2ccccc2)C2CC2C)c1. The Morgan fingerprint density at radius 1 is 1.10 bits per heavy atom. The lowest BCUT2D eigenvalue weighted by Gasteiger charge is -2.19. The van der Waals surface area contributed by atoms with Crippen LogP contribution in [0.2, 0.25) is 0 Å². The van der Waals surface area contributed by atoms with E-state index in [1.807, 2.05) is 30.3 Å². The predicted octanol–water partition coefficient (Wildman–Crippen LogP) is 3.07. The summed E-state index contributed by atoms with van der Waals surface area (Å²) in [6.07, 6.45) is 1.11. The molecule has 0 heterocycles. The van der Waals surface area contributed by atoms with Crippen molar-refractivity contribution in [3.8, 4) is 0 Å². The van der Waals surface area contributed by atoms with E-state index in [0.717, 1.165) is 12.0 Å². The summed E-state index contributed by atoms with van der Waals surface area (Å²) in [5, 5.41) is 3.06. The Balaban J connectivity index is 1.57. The van der Waals surface area contributed by atoms with Crippen LogP contribution in [0.1, 0.15) is 48.7 Å². The summed E-state index contributed by atoms with van der Waals surface area (Å²) in [5.41, 5.74) is 1.40. The van der Waals surface area contributed by atoms with Crippen molar-refractivity contribution < 1.29 is 18.0 Å². The summed E-state index contributed by atoms with van der Waals surface area (Å²) in [7, 11) is -3.79. The van der Waals surface area contributed by atoms with Gasteiger partial charge in [0.25, 0.3) is 0 Å². The molecule has 3 rings (SSSR count). The van der Waals surface area contributed by atoms with Gasteiger partial charge in [-0.1, -0.05) is 49.4 Å². The fraction of sp³-hybridized carbons (Fsp3) is 0.364. The van der Waals surface area contributed by atoms with E-state index in [9.17, 15) is 18.0 Å². The summed E-state index contributed by atoms with van der Waals surface area (Å²) in [5.74, 6) is 0.570. The number of nitrogens with one attached hydrogen (secondary N) is 2. The van der Waals surface area contributed by atoms with Gasteiger partial charge in [-0.3, -0.25) is 9.59 Å². The Labute approximate surface area is 171 Å². The summed E-state index contributed by atoms with van der Waals surface area (Å²) in [6, 6.07) is 15.6. The smallest absolute Gasteiger partial charge is 0.240 e. The maximum absolute atomic E-state index is 12.4. The standard InChI is InChI=1S/C22H26N2O4S/c1-15-13-20(15)22(17-7-4-3-5-8-17)24-21(26)11-12-23-29(27,28)19-10-6-9-18(14-19)16(2)25/h3-10,14-15,20,22-23H,11-13H2,1-2H3,(H,24,26). The van der Waals surface area contributed by atoms with Crippen molar-refractivity contribution in [3.05, 3.63) is 65.7 Å². The number of carbonyl (C=O) groups is 2. The summed E-state index contributed by atoms with van der Waals surface area (Å²) in [4.78, 5) is 23.9. The minimum absolute atomic E-state index is 0.0135. The molecule has 3 atom stereocenters. The second kappa shape index (κ2) is 8.88. The second-order valence-electron chi connectivity index (χ2n) is 7.56. The molecule has 29 heavy (non-hydrogen) atoms. The molecule has 1 aliphatic carbocycles. The van der Waals surface area contributed by atoms with Crippen LogP contribution >= 0.6 is 0 Å². The number of Topliss-reactive ketones (excluding diaryl/α,β-unsaturated/α-hetero) is 1. The third kappa shape index (κ3) is 5.52. The van der Waals surface area contributed by atoms with Crippen molar-refractivity contribution in [1.29, 1.82) is 0 Å². The van der Waals surface area contributed by atoms with Gasteiger partial charge < -0.3 is 5.32 Å². The Morgan fingerprint density at radius 2 is 1.79 bits per heavy atom. The fourth-order valence-corrected chi connectivity index (χ4v) is 4.50. The summed E-state index contributed by atoms with van der Waals surface area (Å²) in [6.45, 7) is 3.53. The quantitative estimate of drug-likeness (QED) is 0.617. The van der Waals surface area contributed by atoms with Gasteiger partial charge in [-0.15, -0.1) is 0 Å². The minimum Gasteiger partial charge on any atom is -0.349 e. The molecule has 0 spiro atoms. The number of hydrogen-bond donors (Lipinski definition) is 2. The van der Waals surface area contributed by atoms with Crippen LogP contribution in [0.15, 0.2) is 59.5 Å². The number of sulfonamides is 1. The number of ketones is 1. The Bertz CT molecular complexity index is 989. The van der Waals surface area contributed by atoms with Gasteiger partial charge in [0.1, 0.15) is 0 Å². The van der Waals surface area contributed by atoms with Gasteiger partial charge in [0.2, 0.25) is 15.9 Å². The van der Waals surface area contributed by atoms with Crippen molar-refractivity contribution in [2.75, 3.05) is 6.54 Å². The molecule has 154 valence electrons. The van der Waals surface area contributed by atoms with Crippen molar-refractivity contribution in [2.24, 2.45) is 11.8 Å². The maximum Gasteiger partial charge on any atom is 0.240 e. The Kier molecular flexibility index (Phi) is 6.49. The zero-order chi connectivity index (χ0) is 21.0. The average Bonchev–Trinajstić information content (AvgIpc) is 3.43. The molecule has 0 saturated heterocycles. The molecule has 2 aromatic carbocycles. The van der Waals surface area contributed by atoms with E-state index >= 15 is 0 Å². The van der Waals surface area contributed by atoms with E-state index in [-0.39, 0.29) is 35.6 Å². The molecule has 2 N–H and O–H groups in total. The first kappa shape index (κ1) is 21.2. The maximum atomic E-state index is 12.4. The van der Waals surface area contributed by atoms with Crippen LogP contribution in [0.5, 0.6) is 0 Å². The van der Waals surface area contributed by atoms with Crippen molar-refractivity contribution in [1.82, 2.24) is 10.0 Å². The minimum atomic E-state index is -3.79. The Hall–Kier alpha value is -2.51. The van der Waals surface area contributed by atoms with Gasteiger partial charge in [-0.05, 0) is 42.9 Å². The van der Waals surface area contributed by atoms with Crippen LogP contribution in [0.4, 0.5) is 0 Å². The van der Waals surface area contributed by atoms with Crippen molar-refractivity contribution in [3.63, 3.8) is 0 Å². The zero-order valence-electron chi connectivity index (χ0n) is 16.6. The highest BCUT2D eigenvalue weighted by molar-refractivity contribution is 7.89. The summed E-state index contributed by atoms with van der Waals surface area (Å²) >= 11 is 0. The second-order valence-corrected chi connectivity index (χ2v) is 9.33. The first-order valence-electron chi connectivity index (χ1n) is 9.73. The normalized spacial score (nSPS) is 19.4. The van der Waals surface area contributed by atoms with E-state index in [4.69, 9.17) is 0 Å². The van der Waals surface area contributed by atoms with Crippen molar-refractivity contribution >= 4 is 21.7 Å². The van der Waals surface area contributed by atoms with E-state index in [1.54, 1.807) is 6.07 Å². The van der Waals surface area contributed by atoms with Crippen LogP contribution in [0, 0.1) is 11.8 Å². The van der Waals surface area contributed by atoms with Crippen LogP contribution in [0.3, 0.4) is 0 Å². The number of rotatable bonds is 9. The average molecular weight is 415 g/mol. The molecule has 1 aliphatic rings. The lowest BCUT2D eigenvalue weighted by atomic mass is 10.0. The molecular weight excluding hydrogens is 388 g/mol. The van der Waals surface area contributed by atoms with Crippen LogP contribution in [0.25, 0.3) is 0 Å². The molecule has 1 fully saturated rings. The lowest BCUT2D eigenvalue weighted by Crippen LogP contribution is -2.34. The van der Waals surface area contributed by atoms with Gasteiger partial charge in [0, 0.05) is 18.5 Å². The number of carbonyl (C=O) groups excluding carboxylic acids is 2. The molecule has 0 radical (unpaired) electrons. The lowest BCUT2D eigenvalue weighted by molar-refractivity contribution is -0.121. The number of benzene rings is 2. The first-order valence-corrected chi connectivity index (χ1v) is 11.2. The molecular formula is C22H26N2O4S. The molecule has 0 aliphatic heterocycles. The molecule has 0 aromatic heterocycles. The van der Waals surface area contributed by atoms with Gasteiger partial charge in [-0.25, -0.2) is 13.1 Å². The van der Waals surface area contributed by atoms with E-state index in [2.05, 4.69) is 17.0 Å². The highest BCUT2D eigenvalue weighted by atomic mass is 32.2. The van der Waals surface area contributed by atoms with Gasteiger partial charge >= 0.3 is 0 Å². The van der Waals surface area contributed by atoms with E-state index in [0.29, 0.717) is 17.4 Å². The molecule has 6 nitrogen and oxygen atoms in total. The van der Waals surface area contributed by atoms with Crippen molar-refractivity contribution in [2.45, 2.75) is 37.6 Å². The monoisotopic (exact) mass is 414 g/mol. The predicted molar refractivity (Wildman–Crippen MR) is 111 cm³/mol. The fourth-order valence-electron chi connectivity index (χ4n) is 3.42. The molecule has 1 saturated carbocycles. The highest BCUT2D eigenvalue weighted by Crippen LogP contribution is 2.46. The first-order chi connectivity index (χ1) is 13.8. The van der Waals surface area contributed by atoms with Gasteiger partial charge in [0.05, 0.1) is 10.9 Å². The molecule has 3 unspecified atom stereocenters. The van der Waals surface area contributed by atoms with Crippen LogP contribution in [-0.4, -0.2) is 26.7 Å². The number of hydrogen-bond acceptors (Lipinski definition) is 4. The molecule has 2 aromatic rings. The highest BCUT2D eigenvalue weighted by Gasteiger charge is 2.40. The van der Waals surface area contributed by atoms with E-state index in [1.165, 1.54) is 25.1 Å². The van der Waals surface area contributed by atoms with E-state index < -0.39 is 10.0 Å². The summed E-state index contributed by atoms with van der Waals surface area (Å²) < 4.78 is 27.3. The third-order valence-corrected chi connectivity index (χ3v) is 6.73. The molecule has 7 heteroatoms. The molecule has 0 bridgehead atoms. The molecule has 1 amide bonds. The third-order valence-electron chi connectivity index (χ3n) is 5.27. The number of amides is 1.